The van der Waals surface area contributed by atoms with Gasteiger partial charge in [-0.2, -0.15) is 0 Å². The Morgan fingerprint density at radius 1 is 1.29 bits per heavy atom. The van der Waals surface area contributed by atoms with Crippen LogP contribution < -0.4 is 5.32 Å². The van der Waals surface area contributed by atoms with E-state index in [1.807, 2.05) is 0 Å². The van der Waals surface area contributed by atoms with Gasteiger partial charge in [-0.3, -0.25) is 0 Å². The Labute approximate surface area is 106 Å². The number of rotatable bonds is 8. The SMILES string of the molecule is CCN(CCO)CC1(CNC2CC2)CCCC1. The molecule has 17 heavy (non-hydrogen) atoms. The zero-order valence-electron chi connectivity index (χ0n) is 11.2. The molecule has 0 radical (unpaired) electrons. The molecule has 0 unspecified atom stereocenters. The standard InChI is InChI=1S/C14H28N2O/c1-2-16(9-10-17)12-14(7-3-4-8-14)11-15-13-5-6-13/h13,15,17H,2-12H2,1H3. The Kier molecular flexibility index (Phi) is 4.83. The van der Waals surface area contributed by atoms with E-state index >= 15 is 0 Å². The minimum atomic E-state index is 0.292. The Bertz CT molecular complexity index is 222. The van der Waals surface area contributed by atoms with E-state index in [0.29, 0.717) is 12.0 Å². The lowest BCUT2D eigenvalue weighted by molar-refractivity contribution is 0.129. The second-order valence-corrected chi connectivity index (χ2v) is 5.95. The van der Waals surface area contributed by atoms with E-state index in [2.05, 4.69) is 17.1 Å². The van der Waals surface area contributed by atoms with Crippen LogP contribution in [-0.4, -0.2) is 48.8 Å². The first-order valence-electron chi connectivity index (χ1n) is 7.34. The molecular formula is C14H28N2O. The maximum atomic E-state index is 9.10. The van der Waals surface area contributed by atoms with Crippen molar-refractivity contribution in [3.8, 4) is 0 Å². The highest BCUT2D eigenvalue weighted by atomic mass is 16.3. The number of hydrogen-bond donors (Lipinski definition) is 2. The molecular weight excluding hydrogens is 212 g/mol. The van der Waals surface area contributed by atoms with Crippen LogP contribution in [0.5, 0.6) is 0 Å². The highest BCUT2D eigenvalue weighted by molar-refractivity contribution is 4.92. The van der Waals surface area contributed by atoms with E-state index < -0.39 is 0 Å². The van der Waals surface area contributed by atoms with Gasteiger partial charge in [-0.05, 0) is 37.6 Å². The van der Waals surface area contributed by atoms with Gasteiger partial charge in [-0.25, -0.2) is 0 Å². The van der Waals surface area contributed by atoms with Gasteiger partial charge in [0.1, 0.15) is 0 Å². The molecule has 2 aliphatic rings. The summed E-state index contributed by atoms with van der Waals surface area (Å²) in [5.74, 6) is 0. The average Bonchev–Trinajstić information content (AvgIpc) is 3.07. The highest BCUT2D eigenvalue weighted by Crippen LogP contribution is 2.39. The van der Waals surface area contributed by atoms with Crippen molar-refractivity contribution >= 4 is 0 Å². The molecule has 2 fully saturated rings. The van der Waals surface area contributed by atoms with Gasteiger partial charge in [0.2, 0.25) is 0 Å². The van der Waals surface area contributed by atoms with Crippen molar-refractivity contribution in [2.45, 2.75) is 51.5 Å². The lowest BCUT2D eigenvalue weighted by Gasteiger charge is -2.35. The summed E-state index contributed by atoms with van der Waals surface area (Å²) < 4.78 is 0. The summed E-state index contributed by atoms with van der Waals surface area (Å²) in [6, 6.07) is 0.820. The number of nitrogens with one attached hydrogen (secondary N) is 1. The lowest BCUT2D eigenvalue weighted by atomic mass is 9.85. The van der Waals surface area contributed by atoms with Crippen molar-refractivity contribution in [2.24, 2.45) is 5.41 Å². The minimum Gasteiger partial charge on any atom is -0.395 e. The molecule has 0 atom stereocenters. The lowest BCUT2D eigenvalue weighted by Crippen LogP contribution is -2.44. The third kappa shape index (κ3) is 3.94. The molecule has 0 bridgehead atoms. The smallest absolute Gasteiger partial charge is 0.0558 e. The zero-order chi connectivity index (χ0) is 12.1. The Morgan fingerprint density at radius 2 is 2.00 bits per heavy atom. The summed E-state index contributed by atoms with van der Waals surface area (Å²) in [5.41, 5.74) is 0.494. The molecule has 2 saturated carbocycles. The van der Waals surface area contributed by atoms with E-state index in [4.69, 9.17) is 5.11 Å². The van der Waals surface area contributed by atoms with E-state index in [0.717, 1.165) is 19.1 Å². The van der Waals surface area contributed by atoms with E-state index in [-0.39, 0.29) is 0 Å². The van der Waals surface area contributed by atoms with Crippen LogP contribution in [-0.2, 0) is 0 Å². The average molecular weight is 240 g/mol. The molecule has 0 amide bonds. The number of aliphatic hydroxyl groups excluding tert-OH is 1. The fourth-order valence-electron chi connectivity index (χ4n) is 3.13. The molecule has 100 valence electrons. The molecule has 0 heterocycles. The van der Waals surface area contributed by atoms with Crippen LogP contribution in [0, 0.1) is 5.41 Å². The Morgan fingerprint density at radius 3 is 2.53 bits per heavy atom. The van der Waals surface area contributed by atoms with E-state index in [9.17, 15) is 0 Å². The maximum Gasteiger partial charge on any atom is 0.0558 e. The molecule has 3 heteroatoms. The van der Waals surface area contributed by atoms with Gasteiger partial charge in [0, 0.05) is 25.7 Å². The van der Waals surface area contributed by atoms with Crippen molar-refractivity contribution in [2.75, 3.05) is 32.8 Å². The highest BCUT2D eigenvalue weighted by Gasteiger charge is 2.36. The molecule has 0 aromatic heterocycles. The van der Waals surface area contributed by atoms with Crippen molar-refractivity contribution in [3.05, 3.63) is 0 Å². The fourth-order valence-corrected chi connectivity index (χ4v) is 3.13. The van der Waals surface area contributed by atoms with Crippen LogP contribution in [0.3, 0.4) is 0 Å². The maximum absolute atomic E-state index is 9.10. The molecule has 0 aromatic carbocycles. The minimum absolute atomic E-state index is 0.292. The summed E-state index contributed by atoms with van der Waals surface area (Å²) in [4.78, 5) is 2.42. The van der Waals surface area contributed by atoms with Crippen LogP contribution in [0.4, 0.5) is 0 Å². The van der Waals surface area contributed by atoms with E-state index in [1.54, 1.807) is 0 Å². The van der Waals surface area contributed by atoms with Gasteiger partial charge in [-0.1, -0.05) is 19.8 Å². The summed E-state index contributed by atoms with van der Waals surface area (Å²) in [7, 11) is 0. The molecule has 0 aliphatic heterocycles. The van der Waals surface area contributed by atoms with Gasteiger partial charge < -0.3 is 15.3 Å². The second-order valence-electron chi connectivity index (χ2n) is 5.95. The molecule has 0 aromatic rings. The quantitative estimate of drug-likeness (QED) is 0.676. The van der Waals surface area contributed by atoms with Gasteiger partial charge in [0.25, 0.3) is 0 Å². The van der Waals surface area contributed by atoms with Crippen LogP contribution in [0.25, 0.3) is 0 Å². The van der Waals surface area contributed by atoms with Gasteiger partial charge in [-0.15, -0.1) is 0 Å². The predicted octanol–water partition coefficient (Wildman–Crippen LogP) is 1.61. The van der Waals surface area contributed by atoms with Crippen LogP contribution in [0.2, 0.25) is 0 Å². The third-order valence-electron chi connectivity index (χ3n) is 4.43. The van der Waals surface area contributed by atoms with Crippen molar-refractivity contribution in [3.63, 3.8) is 0 Å². The van der Waals surface area contributed by atoms with Gasteiger partial charge >= 0.3 is 0 Å². The molecule has 0 spiro atoms. The number of hydrogen-bond acceptors (Lipinski definition) is 3. The monoisotopic (exact) mass is 240 g/mol. The Hall–Kier alpha value is -0.120. The molecule has 2 rings (SSSR count). The summed E-state index contributed by atoms with van der Waals surface area (Å²) in [5, 5.41) is 12.8. The zero-order valence-corrected chi connectivity index (χ0v) is 11.2. The topological polar surface area (TPSA) is 35.5 Å². The Balaban J connectivity index is 1.84. The number of nitrogens with zero attached hydrogens (tertiary/aromatic N) is 1. The number of likely N-dealkylation sites (N-methyl/N-ethyl adjacent to an activating group) is 1. The molecule has 2 N–H and O–H groups in total. The van der Waals surface area contributed by atoms with Crippen molar-refractivity contribution in [1.82, 2.24) is 10.2 Å². The van der Waals surface area contributed by atoms with Crippen LogP contribution >= 0.6 is 0 Å². The fraction of sp³-hybridized carbons (Fsp3) is 1.00. The normalized spacial score (nSPS) is 23.5. The van der Waals surface area contributed by atoms with Crippen LogP contribution in [0.1, 0.15) is 45.4 Å². The van der Waals surface area contributed by atoms with Gasteiger partial charge in [0.05, 0.1) is 6.61 Å². The summed E-state index contributed by atoms with van der Waals surface area (Å²) in [6.07, 6.45) is 8.28. The summed E-state index contributed by atoms with van der Waals surface area (Å²) >= 11 is 0. The molecule has 2 aliphatic carbocycles. The molecule has 3 nitrogen and oxygen atoms in total. The molecule has 0 saturated heterocycles. The summed E-state index contributed by atoms with van der Waals surface area (Å²) in [6.45, 7) is 6.75. The first-order valence-corrected chi connectivity index (χ1v) is 7.34. The van der Waals surface area contributed by atoms with E-state index in [1.165, 1.54) is 51.6 Å². The largest absolute Gasteiger partial charge is 0.395 e. The van der Waals surface area contributed by atoms with Crippen molar-refractivity contribution < 1.29 is 5.11 Å². The second kappa shape index (κ2) is 6.17. The van der Waals surface area contributed by atoms with Gasteiger partial charge in [0.15, 0.2) is 0 Å². The first-order chi connectivity index (χ1) is 8.28. The predicted molar refractivity (Wildman–Crippen MR) is 71.1 cm³/mol. The van der Waals surface area contributed by atoms with Crippen molar-refractivity contribution in [1.29, 1.82) is 0 Å². The third-order valence-corrected chi connectivity index (χ3v) is 4.43. The number of aliphatic hydroxyl groups is 1. The van der Waals surface area contributed by atoms with Crippen LogP contribution in [0.15, 0.2) is 0 Å². The first kappa shape index (κ1) is 13.3.